The molecule has 0 aliphatic carbocycles. The van der Waals surface area contributed by atoms with Gasteiger partial charge in [0, 0.05) is 22.3 Å². The van der Waals surface area contributed by atoms with Gasteiger partial charge in [0.25, 0.3) is 0 Å². The number of carboxylic acid groups (broad SMARTS) is 1. The standard InChI is InChI=1S/C32H26O5/c1-21(33)29-30(22-11-4-2-5-12-22)31(23-13-6-3-7-14-23)37-32(29)27-18-9-8-17-26(27)24-15-10-16-25(19-24)36-20-28(34)35/h2-19,21,33H,20H2,1H3,(H,34,35). The van der Waals surface area contributed by atoms with E-state index in [1.807, 2.05) is 103 Å². The lowest BCUT2D eigenvalue weighted by Gasteiger charge is -2.13. The topological polar surface area (TPSA) is 79.9 Å². The molecule has 5 nitrogen and oxygen atoms in total. The highest BCUT2D eigenvalue weighted by atomic mass is 16.5. The quantitative estimate of drug-likeness (QED) is 0.236. The minimum Gasteiger partial charge on any atom is -0.482 e. The summed E-state index contributed by atoms with van der Waals surface area (Å²) < 4.78 is 12.0. The molecule has 2 N–H and O–H groups in total. The molecule has 0 spiro atoms. The van der Waals surface area contributed by atoms with Crippen LogP contribution in [-0.2, 0) is 4.79 Å². The molecule has 0 aliphatic rings. The van der Waals surface area contributed by atoms with E-state index in [0.29, 0.717) is 22.8 Å². The van der Waals surface area contributed by atoms with Crippen LogP contribution in [0.15, 0.2) is 114 Å². The molecule has 184 valence electrons. The van der Waals surface area contributed by atoms with Crippen LogP contribution >= 0.6 is 0 Å². The predicted octanol–water partition coefficient (Wildman–Crippen LogP) is 7.46. The van der Waals surface area contributed by atoms with Crippen LogP contribution in [0.3, 0.4) is 0 Å². The zero-order chi connectivity index (χ0) is 25.8. The third kappa shape index (κ3) is 5.03. The van der Waals surface area contributed by atoms with Crippen molar-refractivity contribution in [3.8, 4) is 50.7 Å². The van der Waals surface area contributed by atoms with E-state index in [0.717, 1.165) is 33.4 Å². The molecule has 0 saturated carbocycles. The first kappa shape index (κ1) is 24.1. The third-order valence-electron chi connectivity index (χ3n) is 6.14. The molecule has 1 aromatic heterocycles. The first-order chi connectivity index (χ1) is 18.0. The second-order valence-corrected chi connectivity index (χ2v) is 8.71. The van der Waals surface area contributed by atoms with Crippen LogP contribution < -0.4 is 4.74 Å². The van der Waals surface area contributed by atoms with E-state index < -0.39 is 18.7 Å². The number of ether oxygens (including phenoxy) is 1. The molecule has 0 radical (unpaired) electrons. The van der Waals surface area contributed by atoms with E-state index in [1.54, 1.807) is 13.0 Å². The molecule has 1 atom stereocenters. The highest BCUT2D eigenvalue weighted by molar-refractivity contribution is 5.91. The smallest absolute Gasteiger partial charge is 0.341 e. The molecular weight excluding hydrogens is 464 g/mol. The van der Waals surface area contributed by atoms with Gasteiger partial charge in [0.2, 0.25) is 0 Å². The van der Waals surface area contributed by atoms with Crippen molar-refractivity contribution in [2.45, 2.75) is 13.0 Å². The van der Waals surface area contributed by atoms with Crippen LogP contribution in [0.2, 0.25) is 0 Å². The number of furan rings is 1. The summed E-state index contributed by atoms with van der Waals surface area (Å²) in [5.74, 6) is 0.691. The fourth-order valence-electron chi connectivity index (χ4n) is 4.56. The maximum atomic E-state index is 11.1. The fraction of sp³-hybridized carbons (Fsp3) is 0.0938. The zero-order valence-electron chi connectivity index (χ0n) is 20.3. The molecule has 1 heterocycles. The second-order valence-electron chi connectivity index (χ2n) is 8.71. The van der Waals surface area contributed by atoms with Crippen LogP contribution in [0.1, 0.15) is 18.6 Å². The van der Waals surface area contributed by atoms with Crippen LogP contribution in [0.5, 0.6) is 5.75 Å². The minimum atomic E-state index is -1.04. The first-order valence-electron chi connectivity index (χ1n) is 12.0. The summed E-state index contributed by atoms with van der Waals surface area (Å²) in [4.78, 5) is 11.0. The van der Waals surface area contributed by atoms with Gasteiger partial charge in [-0.25, -0.2) is 4.79 Å². The van der Waals surface area contributed by atoms with Gasteiger partial charge < -0.3 is 19.4 Å². The lowest BCUT2D eigenvalue weighted by atomic mass is 9.91. The number of aliphatic carboxylic acids is 1. The molecule has 0 fully saturated rings. The molecule has 5 heteroatoms. The van der Waals surface area contributed by atoms with Gasteiger partial charge in [-0.2, -0.15) is 0 Å². The van der Waals surface area contributed by atoms with E-state index in [9.17, 15) is 9.90 Å². The van der Waals surface area contributed by atoms with Gasteiger partial charge in [-0.05, 0) is 35.7 Å². The third-order valence-corrected chi connectivity index (χ3v) is 6.14. The highest BCUT2D eigenvalue weighted by Gasteiger charge is 2.27. The number of hydrogen-bond donors (Lipinski definition) is 2. The molecule has 5 aromatic rings. The van der Waals surface area contributed by atoms with Gasteiger partial charge in [-0.15, -0.1) is 0 Å². The number of carbonyl (C=O) groups is 1. The predicted molar refractivity (Wildman–Crippen MR) is 144 cm³/mol. The van der Waals surface area contributed by atoms with Gasteiger partial charge in [-0.3, -0.25) is 0 Å². The highest BCUT2D eigenvalue weighted by Crippen LogP contribution is 2.47. The Labute approximate surface area is 215 Å². The van der Waals surface area contributed by atoms with Crippen LogP contribution in [0.25, 0.3) is 44.9 Å². The summed E-state index contributed by atoms with van der Waals surface area (Å²) >= 11 is 0. The van der Waals surface area contributed by atoms with E-state index >= 15 is 0 Å². The maximum Gasteiger partial charge on any atom is 0.341 e. The van der Waals surface area contributed by atoms with Gasteiger partial charge in [0.05, 0.1) is 6.10 Å². The Morgan fingerprint density at radius 3 is 2.00 bits per heavy atom. The number of benzene rings is 4. The van der Waals surface area contributed by atoms with E-state index in [-0.39, 0.29) is 0 Å². The normalized spacial score (nSPS) is 11.7. The Morgan fingerprint density at radius 1 is 0.757 bits per heavy atom. The average molecular weight is 491 g/mol. The van der Waals surface area contributed by atoms with Crippen molar-refractivity contribution < 1.29 is 24.2 Å². The summed E-state index contributed by atoms with van der Waals surface area (Å²) in [7, 11) is 0. The van der Waals surface area contributed by atoms with Crippen molar-refractivity contribution in [3.05, 3.63) is 115 Å². The number of carboxylic acids is 1. The zero-order valence-corrected chi connectivity index (χ0v) is 20.3. The Hall–Kier alpha value is -4.61. The fourth-order valence-corrected chi connectivity index (χ4v) is 4.56. The Morgan fingerprint density at radius 2 is 1.35 bits per heavy atom. The number of aliphatic hydroxyl groups excluding tert-OH is 1. The molecule has 0 saturated heterocycles. The molecule has 1 unspecified atom stereocenters. The molecule has 4 aromatic carbocycles. The van der Waals surface area contributed by atoms with Gasteiger partial charge in [0.1, 0.15) is 17.3 Å². The van der Waals surface area contributed by atoms with E-state index in [4.69, 9.17) is 14.3 Å². The van der Waals surface area contributed by atoms with Crippen molar-refractivity contribution in [1.29, 1.82) is 0 Å². The number of aliphatic hydroxyl groups is 1. The van der Waals surface area contributed by atoms with Crippen molar-refractivity contribution in [2.75, 3.05) is 6.61 Å². The Balaban J connectivity index is 1.73. The lowest BCUT2D eigenvalue weighted by Crippen LogP contribution is -2.09. The monoisotopic (exact) mass is 490 g/mol. The largest absolute Gasteiger partial charge is 0.482 e. The summed E-state index contributed by atoms with van der Waals surface area (Å²) in [5, 5.41) is 20.1. The van der Waals surface area contributed by atoms with Gasteiger partial charge in [0.15, 0.2) is 6.61 Å². The molecular formula is C32H26O5. The van der Waals surface area contributed by atoms with Crippen molar-refractivity contribution in [3.63, 3.8) is 0 Å². The van der Waals surface area contributed by atoms with Gasteiger partial charge in [-0.1, -0.05) is 97.1 Å². The summed E-state index contributed by atoms with van der Waals surface area (Å²) in [5.41, 5.74) is 5.95. The Kier molecular flexibility index (Phi) is 6.88. The maximum absolute atomic E-state index is 11.1. The van der Waals surface area contributed by atoms with E-state index in [1.165, 1.54) is 0 Å². The lowest BCUT2D eigenvalue weighted by molar-refractivity contribution is -0.139. The van der Waals surface area contributed by atoms with Crippen LogP contribution in [0.4, 0.5) is 0 Å². The SMILES string of the molecule is CC(O)c1c(-c2ccccc2-c2cccc(OCC(=O)O)c2)oc(-c2ccccc2)c1-c1ccccc1. The summed E-state index contributed by atoms with van der Waals surface area (Å²) in [6.45, 7) is 1.33. The van der Waals surface area contributed by atoms with Crippen LogP contribution in [0, 0.1) is 0 Å². The first-order valence-corrected chi connectivity index (χ1v) is 12.0. The average Bonchev–Trinajstić information content (AvgIpc) is 3.34. The molecule has 5 rings (SSSR count). The second kappa shape index (κ2) is 10.6. The number of hydrogen-bond acceptors (Lipinski definition) is 4. The molecule has 37 heavy (non-hydrogen) atoms. The summed E-state index contributed by atoms with van der Waals surface area (Å²) in [6, 6.07) is 34.9. The van der Waals surface area contributed by atoms with Crippen molar-refractivity contribution >= 4 is 5.97 Å². The Bertz CT molecular complexity index is 1520. The molecule has 0 aliphatic heterocycles. The molecule has 0 bridgehead atoms. The molecule has 0 amide bonds. The summed E-state index contributed by atoms with van der Waals surface area (Å²) in [6.07, 6.45) is -0.801. The minimum absolute atomic E-state index is 0.420. The van der Waals surface area contributed by atoms with Gasteiger partial charge >= 0.3 is 5.97 Å². The van der Waals surface area contributed by atoms with Crippen molar-refractivity contribution in [2.24, 2.45) is 0 Å². The number of rotatable bonds is 8. The van der Waals surface area contributed by atoms with Crippen LogP contribution in [-0.4, -0.2) is 22.8 Å². The van der Waals surface area contributed by atoms with E-state index in [2.05, 4.69) is 0 Å². The van der Waals surface area contributed by atoms with Crippen molar-refractivity contribution in [1.82, 2.24) is 0 Å².